The SMILES string of the molecule is Cc1nn(C)cc1CCNC(C)C(C)(C)C. The van der Waals surface area contributed by atoms with Crippen LogP contribution in [0.1, 0.15) is 39.0 Å². The highest BCUT2D eigenvalue weighted by Crippen LogP contribution is 2.18. The molecule has 0 aliphatic rings. The molecule has 0 aromatic carbocycles. The molecule has 1 aromatic heterocycles. The number of aryl methyl sites for hydroxylation is 2. The molecule has 0 saturated carbocycles. The molecule has 1 heterocycles. The van der Waals surface area contributed by atoms with Gasteiger partial charge in [-0.2, -0.15) is 5.10 Å². The molecular weight excluding hydrogens is 198 g/mol. The minimum Gasteiger partial charge on any atom is -0.313 e. The van der Waals surface area contributed by atoms with Gasteiger partial charge in [0.1, 0.15) is 0 Å². The summed E-state index contributed by atoms with van der Waals surface area (Å²) in [4.78, 5) is 0. The summed E-state index contributed by atoms with van der Waals surface area (Å²) in [5, 5.41) is 7.92. The van der Waals surface area contributed by atoms with E-state index >= 15 is 0 Å². The molecule has 0 fully saturated rings. The van der Waals surface area contributed by atoms with Gasteiger partial charge in [-0.05, 0) is 37.8 Å². The van der Waals surface area contributed by atoms with Crippen molar-refractivity contribution in [3.63, 3.8) is 0 Å². The Balaban J connectivity index is 2.39. The normalized spacial score (nSPS) is 14.1. The van der Waals surface area contributed by atoms with Gasteiger partial charge in [-0.15, -0.1) is 0 Å². The molecule has 1 rings (SSSR count). The summed E-state index contributed by atoms with van der Waals surface area (Å²) < 4.78 is 1.89. The topological polar surface area (TPSA) is 29.9 Å². The van der Waals surface area contributed by atoms with Crippen molar-refractivity contribution in [1.82, 2.24) is 15.1 Å². The first-order chi connectivity index (χ1) is 7.30. The predicted octanol–water partition coefficient (Wildman–Crippen LogP) is 2.30. The highest BCUT2D eigenvalue weighted by atomic mass is 15.2. The molecule has 0 amide bonds. The van der Waals surface area contributed by atoms with Crippen molar-refractivity contribution in [2.75, 3.05) is 6.54 Å². The fraction of sp³-hybridized carbons (Fsp3) is 0.769. The van der Waals surface area contributed by atoms with Crippen LogP contribution in [0.5, 0.6) is 0 Å². The van der Waals surface area contributed by atoms with Crippen molar-refractivity contribution in [2.24, 2.45) is 12.5 Å². The van der Waals surface area contributed by atoms with Crippen LogP contribution in [0.25, 0.3) is 0 Å². The van der Waals surface area contributed by atoms with Crippen molar-refractivity contribution in [3.8, 4) is 0 Å². The van der Waals surface area contributed by atoms with Gasteiger partial charge in [-0.3, -0.25) is 4.68 Å². The Bertz CT molecular complexity index is 333. The van der Waals surface area contributed by atoms with Gasteiger partial charge in [0, 0.05) is 19.3 Å². The van der Waals surface area contributed by atoms with E-state index in [0.717, 1.165) is 18.7 Å². The Kier molecular flexibility index (Phi) is 4.14. The van der Waals surface area contributed by atoms with Crippen LogP contribution in [-0.4, -0.2) is 22.4 Å². The summed E-state index contributed by atoms with van der Waals surface area (Å²) in [5.41, 5.74) is 2.81. The van der Waals surface area contributed by atoms with E-state index in [1.54, 1.807) is 0 Å². The first-order valence-electron chi connectivity index (χ1n) is 6.03. The van der Waals surface area contributed by atoms with Gasteiger partial charge in [-0.1, -0.05) is 20.8 Å². The minimum atomic E-state index is 0.323. The van der Waals surface area contributed by atoms with Crippen LogP contribution in [0.4, 0.5) is 0 Å². The quantitative estimate of drug-likeness (QED) is 0.849. The lowest BCUT2D eigenvalue weighted by Crippen LogP contribution is -2.38. The molecule has 16 heavy (non-hydrogen) atoms. The second kappa shape index (κ2) is 5.00. The molecule has 0 spiro atoms. The zero-order valence-corrected chi connectivity index (χ0v) is 11.5. The summed E-state index contributed by atoms with van der Waals surface area (Å²) in [6.45, 7) is 12.1. The smallest absolute Gasteiger partial charge is 0.0626 e. The van der Waals surface area contributed by atoms with Crippen LogP contribution < -0.4 is 5.32 Å². The highest BCUT2D eigenvalue weighted by molar-refractivity contribution is 5.15. The largest absolute Gasteiger partial charge is 0.313 e. The van der Waals surface area contributed by atoms with Gasteiger partial charge in [-0.25, -0.2) is 0 Å². The van der Waals surface area contributed by atoms with Gasteiger partial charge in [0.05, 0.1) is 5.69 Å². The van der Waals surface area contributed by atoms with Crippen LogP contribution in [0.2, 0.25) is 0 Å². The molecule has 1 unspecified atom stereocenters. The van der Waals surface area contributed by atoms with Crippen LogP contribution in [0, 0.1) is 12.3 Å². The molecular formula is C13H25N3. The van der Waals surface area contributed by atoms with Crippen LogP contribution in [-0.2, 0) is 13.5 Å². The highest BCUT2D eigenvalue weighted by Gasteiger charge is 2.18. The van der Waals surface area contributed by atoms with E-state index in [4.69, 9.17) is 0 Å². The Morgan fingerprint density at radius 2 is 2.06 bits per heavy atom. The van der Waals surface area contributed by atoms with Crippen molar-refractivity contribution < 1.29 is 0 Å². The Labute approximate surface area is 99.2 Å². The number of rotatable bonds is 4. The Morgan fingerprint density at radius 1 is 1.44 bits per heavy atom. The maximum absolute atomic E-state index is 4.35. The van der Waals surface area contributed by atoms with E-state index in [1.807, 2.05) is 11.7 Å². The molecule has 92 valence electrons. The summed E-state index contributed by atoms with van der Waals surface area (Å²) in [6, 6.07) is 0.532. The lowest BCUT2D eigenvalue weighted by Gasteiger charge is -2.28. The Morgan fingerprint density at radius 3 is 2.50 bits per heavy atom. The third kappa shape index (κ3) is 3.63. The van der Waals surface area contributed by atoms with Crippen LogP contribution in [0.15, 0.2) is 6.20 Å². The molecule has 0 saturated heterocycles. The average molecular weight is 223 g/mol. The molecule has 1 N–H and O–H groups in total. The first-order valence-corrected chi connectivity index (χ1v) is 6.03. The first kappa shape index (κ1) is 13.2. The maximum atomic E-state index is 4.35. The van der Waals surface area contributed by atoms with E-state index in [1.165, 1.54) is 5.56 Å². The van der Waals surface area contributed by atoms with E-state index in [9.17, 15) is 0 Å². The standard InChI is InChI=1S/C13H25N3/c1-10-12(9-16(6)15-10)7-8-14-11(2)13(3,4)5/h9,11,14H,7-8H2,1-6H3. The van der Waals surface area contributed by atoms with E-state index < -0.39 is 0 Å². The molecule has 1 atom stereocenters. The summed E-state index contributed by atoms with van der Waals surface area (Å²) in [5.74, 6) is 0. The monoisotopic (exact) mass is 223 g/mol. The summed E-state index contributed by atoms with van der Waals surface area (Å²) in [7, 11) is 1.97. The molecule has 0 aliphatic carbocycles. The third-order valence-electron chi connectivity index (χ3n) is 3.26. The van der Waals surface area contributed by atoms with Gasteiger partial charge in [0.25, 0.3) is 0 Å². The van der Waals surface area contributed by atoms with E-state index in [2.05, 4.69) is 51.2 Å². The molecule has 1 aromatic rings. The van der Waals surface area contributed by atoms with Crippen molar-refractivity contribution >= 4 is 0 Å². The molecule has 3 nitrogen and oxygen atoms in total. The van der Waals surface area contributed by atoms with Gasteiger partial charge in [0.15, 0.2) is 0 Å². The maximum Gasteiger partial charge on any atom is 0.0626 e. The molecule has 0 radical (unpaired) electrons. The number of nitrogens with zero attached hydrogens (tertiary/aromatic N) is 2. The van der Waals surface area contributed by atoms with Crippen LogP contribution >= 0.6 is 0 Å². The fourth-order valence-electron chi connectivity index (χ4n) is 1.62. The van der Waals surface area contributed by atoms with Crippen molar-refractivity contribution in [2.45, 2.75) is 47.1 Å². The van der Waals surface area contributed by atoms with Crippen LogP contribution in [0.3, 0.4) is 0 Å². The van der Waals surface area contributed by atoms with Gasteiger partial charge < -0.3 is 5.32 Å². The number of hydrogen-bond donors (Lipinski definition) is 1. The van der Waals surface area contributed by atoms with E-state index in [-0.39, 0.29) is 0 Å². The predicted molar refractivity (Wildman–Crippen MR) is 68.6 cm³/mol. The van der Waals surface area contributed by atoms with Gasteiger partial charge in [0.2, 0.25) is 0 Å². The average Bonchev–Trinajstić information content (AvgIpc) is 2.43. The number of aromatic nitrogens is 2. The van der Waals surface area contributed by atoms with Crippen molar-refractivity contribution in [3.05, 3.63) is 17.5 Å². The Hall–Kier alpha value is -0.830. The third-order valence-corrected chi connectivity index (χ3v) is 3.26. The summed E-state index contributed by atoms with van der Waals surface area (Å²) in [6.07, 6.45) is 3.17. The lowest BCUT2D eigenvalue weighted by molar-refractivity contribution is 0.288. The fourth-order valence-corrected chi connectivity index (χ4v) is 1.62. The zero-order valence-electron chi connectivity index (χ0n) is 11.5. The summed E-state index contributed by atoms with van der Waals surface area (Å²) >= 11 is 0. The molecule has 0 aliphatic heterocycles. The number of hydrogen-bond acceptors (Lipinski definition) is 2. The van der Waals surface area contributed by atoms with E-state index in [0.29, 0.717) is 11.5 Å². The van der Waals surface area contributed by atoms with Gasteiger partial charge >= 0.3 is 0 Å². The second-order valence-electron chi connectivity index (χ2n) is 5.71. The minimum absolute atomic E-state index is 0.323. The second-order valence-corrected chi connectivity index (χ2v) is 5.71. The van der Waals surface area contributed by atoms with Crippen molar-refractivity contribution in [1.29, 1.82) is 0 Å². The molecule has 0 bridgehead atoms. The zero-order chi connectivity index (χ0) is 12.3. The lowest BCUT2D eigenvalue weighted by atomic mass is 9.88. The number of nitrogens with one attached hydrogen (secondary N) is 1. The molecule has 3 heteroatoms.